The Morgan fingerprint density at radius 1 is 0.962 bits per heavy atom. The van der Waals surface area contributed by atoms with Crippen LogP contribution in [0.15, 0.2) is 54.6 Å². The molecule has 3 heteroatoms. The van der Waals surface area contributed by atoms with Gasteiger partial charge in [0.25, 0.3) is 0 Å². The van der Waals surface area contributed by atoms with Crippen molar-refractivity contribution >= 4 is 17.6 Å². The molecule has 0 heterocycles. The molecule has 0 saturated heterocycles. The predicted octanol–water partition coefficient (Wildman–Crippen LogP) is 5.27. The van der Waals surface area contributed by atoms with Gasteiger partial charge < -0.3 is 9.64 Å². The maximum atomic E-state index is 13.0. The lowest BCUT2D eigenvalue weighted by Crippen LogP contribution is -2.42. The first-order chi connectivity index (χ1) is 12.4. The van der Waals surface area contributed by atoms with E-state index in [9.17, 15) is 4.79 Å². The molecule has 26 heavy (non-hydrogen) atoms. The van der Waals surface area contributed by atoms with Crippen LogP contribution in [0.2, 0.25) is 0 Å². The zero-order valence-corrected chi connectivity index (χ0v) is 16.4. The largest absolute Gasteiger partial charge is 0.497 e. The standard InChI is InChI=1S/C23H29NO2/c1-17(2)24(18(3)4)23(25)16-21(15-19-9-7-6-8-10-19)20-11-13-22(26-5)14-12-20/h6-15,17-18H,16H2,1-5H3/b21-15+. The maximum Gasteiger partial charge on any atom is 0.227 e. The molecule has 0 aromatic heterocycles. The van der Waals surface area contributed by atoms with Gasteiger partial charge in [-0.25, -0.2) is 0 Å². The number of methoxy groups -OCH3 is 1. The highest BCUT2D eigenvalue weighted by Gasteiger charge is 2.21. The van der Waals surface area contributed by atoms with E-state index < -0.39 is 0 Å². The van der Waals surface area contributed by atoms with Crippen molar-refractivity contribution in [2.24, 2.45) is 0 Å². The molecule has 0 fully saturated rings. The molecule has 138 valence electrons. The topological polar surface area (TPSA) is 29.5 Å². The van der Waals surface area contributed by atoms with Crippen molar-refractivity contribution in [1.29, 1.82) is 0 Å². The van der Waals surface area contributed by atoms with Crippen LogP contribution in [0.4, 0.5) is 0 Å². The predicted molar refractivity (Wildman–Crippen MR) is 109 cm³/mol. The minimum absolute atomic E-state index is 0.146. The summed E-state index contributed by atoms with van der Waals surface area (Å²) in [5.74, 6) is 0.957. The molecular formula is C23H29NO2. The number of benzene rings is 2. The smallest absolute Gasteiger partial charge is 0.227 e. The van der Waals surface area contributed by atoms with Crippen molar-refractivity contribution in [2.45, 2.75) is 46.2 Å². The summed E-state index contributed by atoms with van der Waals surface area (Å²) in [5, 5.41) is 0. The van der Waals surface area contributed by atoms with E-state index in [-0.39, 0.29) is 18.0 Å². The minimum atomic E-state index is 0.146. The molecule has 0 atom stereocenters. The van der Waals surface area contributed by atoms with Crippen LogP contribution in [-0.4, -0.2) is 30.0 Å². The highest BCUT2D eigenvalue weighted by atomic mass is 16.5. The van der Waals surface area contributed by atoms with E-state index in [1.807, 2.05) is 47.4 Å². The Bertz CT molecular complexity index is 723. The van der Waals surface area contributed by atoms with Crippen LogP contribution in [0.5, 0.6) is 5.75 Å². The fourth-order valence-corrected chi connectivity index (χ4v) is 3.22. The highest BCUT2D eigenvalue weighted by Crippen LogP contribution is 2.25. The van der Waals surface area contributed by atoms with Crippen molar-refractivity contribution in [2.75, 3.05) is 7.11 Å². The number of hydrogen-bond acceptors (Lipinski definition) is 2. The van der Waals surface area contributed by atoms with E-state index in [0.29, 0.717) is 6.42 Å². The molecule has 0 aliphatic rings. The Balaban J connectivity index is 2.37. The first-order valence-corrected chi connectivity index (χ1v) is 9.13. The van der Waals surface area contributed by atoms with Gasteiger partial charge in [-0.1, -0.05) is 48.5 Å². The molecule has 0 radical (unpaired) electrons. The van der Waals surface area contributed by atoms with Crippen molar-refractivity contribution in [3.63, 3.8) is 0 Å². The highest BCUT2D eigenvalue weighted by molar-refractivity contribution is 5.94. The molecule has 3 nitrogen and oxygen atoms in total. The van der Waals surface area contributed by atoms with Gasteiger partial charge in [0.1, 0.15) is 5.75 Å². The van der Waals surface area contributed by atoms with Gasteiger partial charge in [0.15, 0.2) is 0 Å². The summed E-state index contributed by atoms with van der Waals surface area (Å²) >= 11 is 0. The average Bonchev–Trinajstić information content (AvgIpc) is 2.61. The summed E-state index contributed by atoms with van der Waals surface area (Å²) in [7, 11) is 1.66. The molecule has 0 aliphatic heterocycles. The van der Waals surface area contributed by atoms with Crippen LogP contribution in [0.25, 0.3) is 11.6 Å². The molecule has 0 spiro atoms. The van der Waals surface area contributed by atoms with Gasteiger partial charge in [0.05, 0.1) is 13.5 Å². The lowest BCUT2D eigenvalue weighted by Gasteiger charge is -2.31. The molecule has 2 rings (SSSR count). The molecule has 2 aromatic carbocycles. The normalized spacial score (nSPS) is 11.7. The zero-order valence-electron chi connectivity index (χ0n) is 16.4. The monoisotopic (exact) mass is 351 g/mol. The summed E-state index contributed by atoms with van der Waals surface area (Å²) in [6.07, 6.45) is 2.47. The molecule has 1 amide bonds. The van der Waals surface area contributed by atoms with Gasteiger partial charge in [0.2, 0.25) is 5.91 Å². The second-order valence-electron chi connectivity index (χ2n) is 6.97. The van der Waals surface area contributed by atoms with Crippen LogP contribution in [0.3, 0.4) is 0 Å². The molecule has 0 bridgehead atoms. The van der Waals surface area contributed by atoms with Crippen molar-refractivity contribution in [3.05, 3.63) is 65.7 Å². The summed E-state index contributed by atoms with van der Waals surface area (Å²) in [6.45, 7) is 8.25. The van der Waals surface area contributed by atoms with E-state index in [2.05, 4.69) is 45.9 Å². The second-order valence-corrected chi connectivity index (χ2v) is 6.97. The molecule has 0 unspecified atom stereocenters. The van der Waals surface area contributed by atoms with Gasteiger partial charge >= 0.3 is 0 Å². The van der Waals surface area contributed by atoms with Crippen molar-refractivity contribution in [1.82, 2.24) is 4.90 Å². The Labute approximate surface area is 157 Å². The van der Waals surface area contributed by atoms with E-state index in [1.165, 1.54) is 0 Å². The maximum absolute atomic E-state index is 13.0. The Morgan fingerprint density at radius 2 is 1.54 bits per heavy atom. The van der Waals surface area contributed by atoms with Gasteiger partial charge in [0, 0.05) is 12.1 Å². The average molecular weight is 351 g/mol. The van der Waals surface area contributed by atoms with E-state index in [0.717, 1.165) is 22.4 Å². The van der Waals surface area contributed by atoms with Gasteiger partial charge in [-0.2, -0.15) is 0 Å². The van der Waals surface area contributed by atoms with E-state index in [1.54, 1.807) is 7.11 Å². The number of nitrogens with zero attached hydrogens (tertiary/aromatic N) is 1. The summed E-state index contributed by atoms with van der Waals surface area (Å²) in [5.41, 5.74) is 3.14. The summed E-state index contributed by atoms with van der Waals surface area (Å²) < 4.78 is 5.25. The Morgan fingerprint density at radius 3 is 2.04 bits per heavy atom. The van der Waals surface area contributed by atoms with Crippen LogP contribution in [0.1, 0.15) is 45.2 Å². The van der Waals surface area contributed by atoms with Crippen molar-refractivity contribution < 1.29 is 9.53 Å². The SMILES string of the molecule is COc1ccc(/C(=C/c2ccccc2)CC(=O)N(C(C)C)C(C)C)cc1. The number of amides is 1. The fourth-order valence-electron chi connectivity index (χ4n) is 3.22. The third-order valence-corrected chi connectivity index (χ3v) is 4.34. The van der Waals surface area contributed by atoms with Crippen LogP contribution in [-0.2, 0) is 4.79 Å². The quantitative estimate of drug-likeness (QED) is 0.636. The molecule has 0 aliphatic carbocycles. The molecule has 2 aromatic rings. The Hall–Kier alpha value is -2.55. The number of carbonyl (C=O) groups excluding carboxylic acids is 1. The minimum Gasteiger partial charge on any atom is -0.497 e. The third kappa shape index (κ3) is 5.22. The Kier molecular flexibility index (Phi) is 7.02. The second kappa shape index (κ2) is 9.23. The van der Waals surface area contributed by atoms with Gasteiger partial charge in [-0.3, -0.25) is 4.79 Å². The first-order valence-electron chi connectivity index (χ1n) is 9.13. The number of ether oxygens (including phenoxy) is 1. The first kappa shape index (κ1) is 19.8. The van der Waals surface area contributed by atoms with Crippen LogP contribution < -0.4 is 4.74 Å². The summed E-state index contributed by atoms with van der Waals surface area (Å²) in [6, 6.07) is 18.4. The van der Waals surface area contributed by atoms with Gasteiger partial charge in [-0.15, -0.1) is 0 Å². The van der Waals surface area contributed by atoms with E-state index in [4.69, 9.17) is 4.74 Å². The molecule has 0 N–H and O–H groups in total. The summed E-state index contributed by atoms with van der Waals surface area (Å²) in [4.78, 5) is 14.9. The molecular weight excluding hydrogens is 322 g/mol. The third-order valence-electron chi connectivity index (χ3n) is 4.34. The van der Waals surface area contributed by atoms with Gasteiger partial charge in [-0.05, 0) is 56.5 Å². The number of hydrogen-bond donors (Lipinski definition) is 0. The van der Waals surface area contributed by atoms with Crippen molar-refractivity contribution in [3.8, 4) is 5.75 Å². The van der Waals surface area contributed by atoms with Crippen LogP contribution in [0, 0.1) is 0 Å². The zero-order chi connectivity index (χ0) is 19.1. The lowest BCUT2D eigenvalue weighted by atomic mass is 9.98. The van der Waals surface area contributed by atoms with Crippen LogP contribution >= 0.6 is 0 Å². The number of carbonyl (C=O) groups is 1. The lowest BCUT2D eigenvalue weighted by molar-refractivity contribution is -0.133. The molecule has 0 saturated carbocycles. The van der Waals surface area contributed by atoms with E-state index >= 15 is 0 Å². The number of rotatable bonds is 7. The fraction of sp³-hybridized carbons (Fsp3) is 0.348.